The second-order valence-corrected chi connectivity index (χ2v) is 6.96. The normalized spacial score (nSPS) is 27.2. The van der Waals surface area contributed by atoms with E-state index in [4.69, 9.17) is 0 Å². The summed E-state index contributed by atoms with van der Waals surface area (Å²) >= 11 is 1.67. The minimum atomic E-state index is -0.943. The maximum Gasteiger partial charge on any atom is 0.126 e. The van der Waals surface area contributed by atoms with Gasteiger partial charge in [-0.1, -0.05) is 13.8 Å². The van der Waals surface area contributed by atoms with E-state index in [0.29, 0.717) is 12.2 Å². The zero-order valence-corrected chi connectivity index (χ0v) is 11.5. The zero-order valence-electron chi connectivity index (χ0n) is 10.7. The van der Waals surface area contributed by atoms with E-state index in [9.17, 15) is 13.9 Å². The third-order valence-corrected chi connectivity index (χ3v) is 4.93. The maximum absolute atomic E-state index is 13.6. The molecule has 1 aliphatic rings. The summed E-state index contributed by atoms with van der Waals surface area (Å²) < 4.78 is 26.7. The number of thioether (sulfide) groups is 1. The van der Waals surface area contributed by atoms with E-state index in [1.165, 1.54) is 6.07 Å². The Bertz CT molecular complexity index is 447. The van der Waals surface area contributed by atoms with Crippen molar-refractivity contribution in [3.8, 4) is 0 Å². The van der Waals surface area contributed by atoms with Crippen LogP contribution in [-0.2, 0) is 6.42 Å². The molecule has 1 saturated heterocycles. The van der Waals surface area contributed by atoms with E-state index >= 15 is 0 Å². The molecule has 1 atom stereocenters. The minimum Gasteiger partial charge on any atom is -0.389 e. The van der Waals surface area contributed by atoms with E-state index < -0.39 is 17.2 Å². The van der Waals surface area contributed by atoms with Crippen molar-refractivity contribution >= 4 is 11.8 Å². The molecular formula is C14H18F2OS. The quantitative estimate of drug-likeness (QED) is 0.890. The summed E-state index contributed by atoms with van der Waals surface area (Å²) in [4.78, 5) is 0. The molecule has 1 nitrogen and oxygen atoms in total. The average molecular weight is 272 g/mol. The van der Waals surface area contributed by atoms with E-state index in [1.807, 2.05) is 0 Å². The van der Waals surface area contributed by atoms with Crippen LogP contribution >= 0.6 is 11.8 Å². The molecule has 0 amide bonds. The lowest BCUT2D eigenvalue weighted by molar-refractivity contribution is 0.0192. The Morgan fingerprint density at radius 3 is 2.67 bits per heavy atom. The summed E-state index contributed by atoms with van der Waals surface area (Å²) in [6, 6.07) is 3.40. The first-order valence-corrected chi connectivity index (χ1v) is 7.19. The zero-order chi connectivity index (χ0) is 13.4. The largest absolute Gasteiger partial charge is 0.389 e. The van der Waals surface area contributed by atoms with Crippen molar-refractivity contribution in [2.75, 3.05) is 11.5 Å². The molecule has 1 unspecified atom stereocenters. The lowest BCUT2D eigenvalue weighted by atomic mass is 9.79. The first kappa shape index (κ1) is 13.8. The fourth-order valence-electron chi connectivity index (χ4n) is 2.66. The molecule has 1 N–H and O–H groups in total. The number of rotatable bonds is 2. The molecule has 0 saturated carbocycles. The molecule has 1 fully saturated rings. The van der Waals surface area contributed by atoms with Gasteiger partial charge in [-0.25, -0.2) is 8.78 Å². The Labute approximate surface area is 111 Å². The van der Waals surface area contributed by atoms with Gasteiger partial charge in [0.05, 0.1) is 5.60 Å². The fraction of sp³-hybridized carbons (Fsp3) is 0.571. The van der Waals surface area contributed by atoms with Crippen LogP contribution in [0.1, 0.15) is 25.8 Å². The van der Waals surface area contributed by atoms with Crippen LogP contribution in [0, 0.1) is 17.0 Å². The van der Waals surface area contributed by atoms with Gasteiger partial charge in [0.1, 0.15) is 11.6 Å². The Morgan fingerprint density at radius 1 is 1.28 bits per heavy atom. The highest BCUT2D eigenvalue weighted by molar-refractivity contribution is 7.99. The molecule has 0 aliphatic carbocycles. The molecule has 18 heavy (non-hydrogen) atoms. The van der Waals surface area contributed by atoms with Crippen LogP contribution in [0.5, 0.6) is 0 Å². The lowest BCUT2D eigenvalue weighted by Crippen LogP contribution is -2.44. The van der Waals surface area contributed by atoms with Gasteiger partial charge in [0.15, 0.2) is 0 Å². The number of hydrogen-bond donors (Lipinski definition) is 1. The third kappa shape index (κ3) is 3.23. The number of hydrogen-bond acceptors (Lipinski definition) is 2. The second kappa shape index (κ2) is 4.82. The van der Waals surface area contributed by atoms with Gasteiger partial charge in [-0.15, -0.1) is 0 Å². The molecule has 0 bridgehead atoms. The Balaban J connectivity index is 2.19. The standard InChI is InChI=1S/C14H18F2OS/c1-13(2)7-14(17,9-18-8-13)6-10-5-11(15)3-4-12(10)16/h3-5,17H,6-9H2,1-2H3. The smallest absolute Gasteiger partial charge is 0.126 e. The Hall–Kier alpha value is -0.610. The molecule has 4 heteroatoms. The van der Waals surface area contributed by atoms with Gasteiger partial charge in [-0.3, -0.25) is 0 Å². The van der Waals surface area contributed by atoms with Crippen molar-refractivity contribution < 1.29 is 13.9 Å². The minimum absolute atomic E-state index is 0.0292. The maximum atomic E-state index is 13.6. The second-order valence-electron chi connectivity index (χ2n) is 5.97. The molecule has 0 aromatic heterocycles. The van der Waals surface area contributed by atoms with Crippen molar-refractivity contribution in [1.29, 1.82) is 0 Å². The van der Waals surface area contributed by atoms with Gasteiger partial charge < -0.3 is 5.11 Å². The topological polar surface area (TPSA) is 20.2 Å². The molecule has 0 radical (unpaired) electrons. The van der Waals surface area contributed by atoms with Crippen molar-refractivity contribution in [3.05, 3.63) is 35.4 Å². The van der Waals surface area contributed by atoms with Gasteiger partial charge in [-0.2, -0.15) is 11.8 Å². The number of benzene rings is 1. The highest BCUT2D eigenvalue weighted by Gasteiger charge is 2.39. The molecule has 1 aromatic carbocycles. The highest BCUT2D eigenvalue weighted by Crippen LogP contribution is 2.40. The summed E-state index contributed by atoms with van der Waals surface area (Å²) in [6.07, 6.45) is 0.788. The molecule has 2 rings (SSSR count). The average Bonchev–Trinajstić information content (AvgIpc) is 2.21. The number of aliphatic hydroxyl groups is 1. The lowest BCUT2D eigenvalue weighted by Gasteiger charge is -2.41. The van der Waals surface area contributed by atoms with Gasteiger partial charge in [0.25, 0.3) is 0 Å². The Kier molecular flexibility index (Phi) is 3.70. The van der Waals surface area contributed by atoms with Crippen LogP contribution in [0.2, 0.25) is 0 Å². The van der Waals surface area contributed by atoms with Crippen LogP contribution in [0.15, 0.2) is 18.2 Å². The van der Waals surface area contributed by atoms with Gasteiger partial charge in [-0.05, 0) is 41.4 Å². The summed E-state index contributed by atoms with van der Waals surface area (Å²) in [6.45, 7) is 4.18. The molecule has 1 heterocycles. The van der Waals surface area contributed by atoms with E-state index in [2.05, 4.69) is 13.8 Å². The molecular weight excluding hydrogens is 254 g/mol. The van der Waals surface area contributed by atoms with Crippen LogP contribution in [0.4, 0.5) is 8.78 Å². The molecule has 1 aromatic rings. The van der Waals surface area contributed by atoms with Crippen LogP contribution < -0.4 is 0 Å². The van der Waals surface area contributed by atoms with Crippen LogP contribution in [0.3, 0.4) is 0 Å². The monoisotopic (exact) mass is 272 g/mol. The fourth-order valence-corrected chi connectivity index (χ4v) is 4.00. The predicted molar refractivity (Wildman–Crippen MR) is 70.7 cm³/mol. The Morgan fingerprint density at radius 2 is 2.00 bits per heavy atom. The van der Waals surface area contributed by atoms with Gasteiger partial charge in [0, 0.05) is 12.2 Å². The highest BCUT2D eigenvalue weighted by atomic mass is 32.2. The van der Waals surface area contributed by atoms with Gasteiger partial charge >= 0.3 is 0 Å². The van der Waals surface area contributed by atoms with Crippen molar-refractivity contribution in [1.82, 2.24) is 0 Å². The van der Waals surface area contributed by atoms with Crippen molar-refractivity contribution in [3.63, 3.8) is 0 Å². The van der Waals surface area contributed by atoms with Gasteiger partial charge in [0.2, 0.25) is 0 Å². The third-order valence-electron chi connectivity index (χ3n) is 3.20. The van der Waals surface area contributed by atoms with Crippen molar-refractivity contribution in [2.45, 2.75) is 32.3 Å². The first-order valence-electron chi connectivity index (χ1n) is 6.04. The summed E-state index contributed by atoms with van der Waals surface area (Å²) in [5.41, 5.74) is -0.654. The summed E-state index contributed by atoms with van der Waals surface area (Å²) in [7, 11) is 0. The van der Waals surface area contributed by atoms with E-state index in [1.54, 1.807) is 11.8 Å². The predicted octanol–water partition coefficient (Wildman–Crippen LogP) is 3.40. The van der Waals surface area contributed by atoms with Crippen LogP contribution in [-0.4, -0.2) is 22.2 Å². The molecule has 100 valence electrons. The summed E-state index contributed by atoms with van der Waals surface area (Å²) in [5.74, 6) is 0.656. The van der Waals surface area contributed by atoms with E-state index in [0.717, 1.165) is 17.9 Å². The first-order chi connectivity index (χ1) is 8.30. The van der Waals surface area contributed by atoms with Crippen molar-refractivity contribution in [2.24, 2.45) is 5.41 Å². The SMILES string of the molecule is CC1(C)CSCC(O)(Cc2cc(F)ccc2F)C1. The van der Waals surface area contributed by atoms with E-state index in [-0.39, 0.29) is 17.4 Å². The number of halogens is 2. The summed E-state index contributed by atoms with van der Waals surface area (Å²) in [5, 5.41) is 10.6. The van der Waals surface area contributed by atoms with Crippen LogP contribution in [0.25, 0.3) is 0 Å². The molecule has 1 aliphatic heterocycles. The molecule has 0 spiro atoms.